The Balaban J connectivity index is 0.000000284. The Labute approximate surface area is 134 Å². The number of hydrogen-bond acceptors (Lipinski definition) is 7. The average Bonchev–Trinajstić information content (AvgIpc) is 2.90. The summed E-state index contributed by atoms with van der Waals surface area (Å²) in [6.07, 6.45) is 1.19. The van der Waals surface area contributed by atoms with Gasteiger partial charge in [-0.25, -0.2) is 0 Å². The molecule has 0 fully saturated rings. The lowest BCUT2D eigenvalue weighted by Gasteiger charge is -2.20. The maximum absolute atomic E-state index is 11.7. The van der Waals surface area contributed by atoms with Gasteiger partial charge in [0.05, 0.1) is 25.4 Å². The van der Waals surface area contributed by atoms with Gasteiger partial charge in [0, 0.05) is 11.8 Å². The van der Waals surface area contributed by atoms with Crippen molar-refractivity contribution in [1.82, 2.24) is 0 Å². The third-order valence-corrected chi connectivity index (χ3v) is 3.28. The highest BCUT2D eigenvalue weighted by Crippen LogP contribution is 2.31. The van der Waals surface area contributed by atoms with Crippen LogP contribution in [0.4, 0.5) is 0 Å². The quantitative estimate of drug-likeness (QED) is 0.495. The number of furan rings is 1. The number of fused-ring (bicyclic) bond motifs is 1. The monoisotopic (exact) mass is 325 g/mol. The lowest BCUT2D eigenvalue weighted by atomic mass is 10.1. The number of nitrogens with two attached hydrogens (primary N) is 1. The van der Waals surface area contributed by atoms with Gasteiger partial charge in [0.25, 0.3) is 5.95 Å². The summed E-state index contributed by atoms with van der Waals surface area (Å²) in [6.45, 7) is 0.719. The maximum atomic E-state index is 11.7. The molecule has 0 aliphatic heterocycles. The van der Waals surface area contributed by atoms with Crippen LogP contribution in [0.2, 0.25) is 0 Å². The summed E-state index contributed by atoms with van der Waals surface area (Å²) in [4.78, 5) is 11.7. The minimum absolute atomic E-state index is 0.0695. The van der Waals surface area contributed by atoms with Crippen LogP contribution in [0.25, 0.3) is 11.0 Å². The fourth-order valence-electron chi connectivity index (χ4n) is 1.80. The minimum atomic E-state index is -1.21. The van der Waals surface area contributed by atoms with Crippen LogP contribution >= 0.6 is 0 Å². The van der Waals surface area contributed by atoms with Gasteiger partial charge in [-0.1, -0.05) is 25.1 Å². The summed E-state index contributed by atoms with van der Waals surface area (Å²) in [5.74, 6) is -0.338. The smallest absolute Gasteiger partial charge is 0.294 e. The van der Waals surface area contributed by atoms with E-state index >= 15 is 0 Å². The molecule has 1 aromatic carbocycles. The third kappa shape index (κ3) is 4.77. The van der Waals surface area contributed by atoms with Gasteiger partial charge < -0.3 is 30.6 Å². The van der Waals surface area contributed by atoms with Gasteiger partial charge in [0.1, 0.15) is 11.1 Å². The van der Waals surface area contributed by atoms with Crippen molar-refractivity contribution in [1.29, 1.82) is 0 Å². The van der Waals surface area contributed by atoms with E-state index in [1.165, 1.54) is 0 Å². The summed E-state index contributed by atoms with van der Waals surface area (Å²) in [5.41, 5.74) is 4.80. The number of carbonyl (C=O) groups is 1. The number of aliphatic hydroxyl groups is 3. The third-order valence-electron chi connectivity index (χ3n) is 3.28. The van der Waals surface area contributed by atoms with Crippen molar-refractivity contribution in [2.75, 3.05) is 19.8 Å². The molecular weight excluding hydrogens is 302 g/mol. The first-order valence-electron chi connectivity index (χ1n) is 7.27. The summed E-state index contributed by atoms with van der Waals surface area (Å²) >= 11 is 0. The normalized spacial score (nSPS) is 11.2. The van der Waals surface area contributed by atoms with Gasteiger partial charge in [-0.15, -0.1) is 0 Å². The second-order valence-electron chi connectivity index (χ2n) is 5.29. The number of hydrogen-bond donors (Lipinski definition) is 5. The van der Waals surface area contributed by atoms with Gasteiger partial charge in [0.15, 0.2) is 5.78 Å². The highest BCUT2D eigenvalue weighted by Gasteiger charge is 2.21. The predicted octanol–water partition coefficient (Wildman–Crippen LogP) is 0.782. The zero-order valence-electron chi connectivity index (χ0n) is 13.0. The summed E-state index contributed by atoms with van der Waals surface area (Å²) in [6, 6.07) is 7.14. The lowest BCUT2D eigenvalue weighted by molar-refractivity contribution is 0.0697. The molecule has 1 heterocycles. The van der Waals surface area contributed by atoms with Crippen LogP contribution in [0, 0.1) is 0 Å². The van der Waals surface area contributed by atoms with Gasteiger partial charge in [-0.05, 0) is 12.5 Å². The first kappa shape index (κ1) is 19.1. The van der Waals surface area contributed by atoms with E-state index in [0.29, 0.717) is 23.0 Å². The Kier molecular flexibility index (Phi) is 7.18. The summed E-state index contributed by atoms with van der Waals surface area (Å²) in [7, 11) is 0. The van der Waals surface area contributed by atoms with Crippen LogP contribution in [0.15, 0.2) is 28.7 Å². The molecule has 7 nitrogen and oxygen atoms in total. The Bertz CT molecular complexity index is 624. The van der Waals surface area contributed by atoms with Crippen molar-refractivity contribution < 1.29 is 29.6 Å². The largest absolute Gasteiger partial charge is 0.480 e. The highest BCUT2D eigenvalue weighted by atomic mass is 16.5. The van der Waals surface area contributed by atoms with Crippen LogP contribution < -0.4 is 5.73 Å². The zero-order chi connectivity index (χ0) is 17.5. The van der Waals surface area contributed by atoms with Crippen LogP contribution in [-0.2, 0) is 0 Å². The maximum Gasteiger partial charge on any atom is 0.294 e. The van der Waals surface area contributed by atoms with Crippen LogP contribution in [0.3, 0.4) is 0 Å². The Morgan fingerprint density at radius 2 is 1.74 bits per heavy atom. The first-order chi connectivity index (χ1) is 10.9. The van der Waals surface area contributed by atoms with Crippen molar-refractivity contribution in [2.45, 2.75) is 25.3 Å². The number of carbonyl (C=O) groups excluding carboxylic acids is 1. The number of aromatic hydroxyl groups is 1. The molecule has 0 amide bonds. The van der Waals surface area contributed by atoms with Gasteiger partial charge in [0.2, 0.25) is 0 Å². The number of ketones is 1. The molecule has 0 aliphatic rings. The van der Waals surface area contributed by atoms with E-state index in [0.717, 1.165) is 6.42 Å². The number of rotatable bonds is 6. The molecule has 0 saturated carbocycles. The molecule has 7 heteroatoms. The molecule has 1 aromatic heterocycles. The molecule has 0 radical (unpaired) electrons. The van der Waals surface area contributed by atoms with E-state index in [1.807, 2.05) is 13.0 Å². The first-order valence-corrected chi connectivity index (χ1v) is 7.27. The molecule has 0 saturated heterocycles. The van der Waals surface area contributed by atoms with E-state index in [2.05, 4.69) is 0 Å². The molecule has 0 unspecified atom stereocenters. The lowest BCUT2D eigenvalue weighted by Crippen LogP contribution is -2.50. The number of aliphatic hydroxyl groups excluding tert-OH is 3. The van der Waals surface area contributed by atoms with E-state index in [9.17, 15) is 9.90 Å². The molecule has 0 atom stereocenters. The van der Waals surface area contributed by atoms with E-state index in [1.54, 1.807) is 18.2 Å². The fraction of sp³-hybridized carbons (Fsp3) is 0.438. The van der Waals surface area contributed by atoms with Gasteiger partial charge >= 0.3 is 0 Å². The van der Waals surface area contributed by atoms with Crippen molar-refractivity contribution in [3.8, 4) is 5.95 Å². The SMILES string of the molecule is CCCC(=O)c1c(O)oc2ccccc12.NC(CO)(CO)CO. The minimum Gasteiger partial charge on any atom is -0.480 e. The molecule has 23 heavy (non-hydrogen) atoms. The standard InChI is InChI=1S/C12H12O3.C4H11NO3/c1-2-5-9(13)11-8-6-3-4-7-10(8)15-12(11)14;5-4(1-6,2-7)3-8/h3-4,6-7,14H,2,5H2,1H3;6-8H,1-3,5H2. The van der Waals surface area contributed by atoms with Crippen molar-refractivity contribution in [3.05, 3.63) is 29.8 Å². The number of para-hydroxylation sites is 1. The highest BCUT2D eigenvalue weighted by molar-refractivity contribution is 6.09. The molecule has 0 bridgehead atoms. The molecule has 0 aliphatic carbocycles. The zero-order valence-corrected chi connectivity index (χ0v) is 13.0. The van der Waals surface area contributed by atoms with Gasteiger partial charge in [-0.2, -0.15) is 0 Å². The van der Waals surface area contributed by atoms with E-state index in [-0.39, 0.29) is 11.7 Å². The van der Waals surface area contributed by atoms with E-state index in [4.69, 9.17) is 25.5 Å². The number of benzene rings is 1. The molecule has 6 N–H and O–H groups in total. The average molecular weight is 325 g/mol. The topological polar surface area (TPSA) is 137 Å². The second-order valence-corrected chi connectivity index (χ2v) is 5.29. The van der Waals surface area contributed by atoms with Crippen molar-refractivity contribution in [2.24, 2.45) is 5.73 Å². The summed E-state index contributed by atoms with van der Waals surface area (Å²) in [5, 5.41) is 35.3. The molecule has 128 valence electrons. The molecular formula is C16H23NO6. The van der Waals surface area contributed by atoms with Gasteiger partial charge in [-0.3, -0.25) is 4.79 Å². The van der Waals surface area contributed by atoms with Crippen LogP contribution in [-0.4, -0.2) is 51.6 Å². The molecule has 2 rings (SSSR count). The van der Waals surface area contributed by atoms with Crippen molar-refractivity contribution in [3.63, 3.8) is 0 Å². The Morgan fingerprint density at radius 1 is 1.17 bits per heavy atom. The number of Topliss-reactive ketones (excluding diaryl/α,β-unsaturated/α-hetero) is 1. The predicted molar refractivity (Wildman–Crippen MR) is 85.3 cm³/mol. The fourth-order valence-corrected chi connectivity index (χ4v) is 1.80. The van der Waals surface area contributed by atoms with E-state index < -0.39 is 25.4 Å². The Morgan fingerprint density at radius 3 is 2.22 bits per heavy atom. The van der Waals surface area contributed by atoms with Crippen LogP contribution in [0.1, 0.15) is 30.1 Å². The van der Waals surface area contributed by atoms with Crippen LogP contribution in [0.5, 0.6) is 5.95 Å². The van der Waals surface area contributed by atoms with Crippen molar-refractivity contribution >= 4 is 16.8 Å². The summed E-state index contributed by atoms with van der Waals surface area (Å²) < 4.78 is 5.10. The second kappa shape index (κ2) is 8.64. The molecule has 2 aromatic rings. The Hall–Kier alpha value is -1.93. The molecule has 0 spiro atoms.